The zero-order valence-electron chi connectivity index (χ0n) is 29.4. The van der Waals surface area contributed by atoms with Gasteiger partial charge in [-0.15, -0.1) is 0 Å². The zero-order chi connectivity index (χ0) is 32.7. The molecule has 1 rings (SSSR count). The van der Waals surface area contributed by atoms with E-state index >= 15 is 0 Å². The first-order valence-corrected chi connectivity index (χ1v) is 18.4. The van der Waals surface area contributed by atoms with Crippen LogP contribution in [0.5, 0.6) is 0 Å². The van der Waals surface area contributed by atoms with Gasteiger partial charge >= 0.3 is 0 Å². The lowest BCUT2D eigenvalue weighted by molar-refractivity contribution is -0.169. The Balaban J connectivity index is 1.59. The highest BCUT2D eigenvalue weighted by molar-refractivity contribution is 4.54. The lowest BCUT2D eigenvalue weighted by atomic mass is 10.1. The van der Waals surface area contributed by atoms with Crippen molar-refractivity contribution in [3.63, 3.8) is 0 Å². The highest BCUT2D eigenvalue weighted by atomic mass is 16.7. The van der Waals surface area contributed by atoms with Crippen molar-refractivity contribution in [3.8, 4) is 0 Å². The van der Waals surface area contributed by atoms with E-state index in [1.54, 1.807) is 0 Å². The minimum Gasteiger partial charge on any atom is -0.379 e. The Morgan fingerprint density at radius 1 is 0.370 bits per heavy atom. The number of hydrogen-bond donors (Lipinski definition) is 0. The Hall–Kier alpha value is -0.440. The molecule has 0 aromatic heterocycles. The van der Waals surface area contributed by atoms with Crippen molar-refractivity contribution in [1.82, 2.24) is 0 Å². The molecule has 1 aliphatic rings. The van der Waals surface area contributed by atoms with E-state index in [0.29, 0.717) is 119 Å². The number of hydrogen-bond acceptors (Lipinski definition) is 11. The predicted octanol–water partition coefficient (Wildman–Crippen LogP) is 5.60. The van der Waals surface area contributed by atoms with E-state index < -0.39 is 0 Å². The summed E-state index contributed by atoms with van der Waals surface area (Å²) in [4.78, 5) is 0. The van der Waals surface area contributed by atoms with Crippen LogP contribution in [0.4, 0.5) is 0 Å². The first-order valence-electron chi connectivity index (χ1n) is 18.4. The summed E-state index contributed by atoms with van der Waals surface area (Å²) in [5, 5.41) is 0. The fourth-order valence-corrected chi connectivity index (χ4v) is 4.63. The molecule has 1 heterocycles. The van der Waals surface area contributed by atoms with Crippen LogP contribution in [-0.4, -0.2) is 138 Å². The summed E-state index contributed by atoms with van der Waals surface area (Å²) in [6, 6.07) is 0. The molecule has 0 saturated carbocycles. The van der Waals surface area contributed by atoms with E-state index in [2.05, 4.69) is 6.92 Å². The van der Waals surface area contributed by atoms with Gasteiger partial charge in [-0.2, -0.15) is 0 Å². The third-order valence-electron chi connectivity index (χ3n) is 7.29. The summed E-state index contributed by atoms with van der Waals surface area (Å²) in [6.07, 6.45) is 16.7. The van der Waals surface area contributed by atoms with Gasteiger partial charge < -0.3 is 52.1 Å². The number of rotatable bonds is 39. The molecule has 0 bridgehead atoms. The van der Waals surface area contributed by atoms with Gasteiger partial charge in [0.05, 0.1) is 119 Å². The van der Waals surface area contributed by atoms with Crippen molar-refractivity contribution in [2.75, 3.05) is 132 Å². The molecular formula is C35H70O11. The summed E-state index contributed by atoms with van der Waals surface area (Å²) in [7, 11) is 0. The van der Waals surface area contributed by atoms with Crippen molar-refractivity contribution in [3.05, 3.63) is 0 Å². The van der Waals surface area contributed by atoms with Gasteiger partial charge in [0.2, 0.25) is 0 Å². The van der Waals surface area contributed by atoms with Gasteiger partial charge in [-0.05, 0) is 25.7 Å². The second-order valence-corrected chi connectivity index (χ2v) is 11.4. The van der Waals surface area contributed by atoms with Gasteiger partial charge in [-0.3, -0.25) is 0 Å². The zero-order valence-corrected chi connectivity index (χ0v) is 29.4. The molecule has 46 heavy (non-hydrogen) atoms. The predicted molar refractivity (Wildman–Crippen MR) is 179 cm³/mol. The molecule has 0 aliphatic carbocycles. The van der Waals surface area contributed by atoms with Crippen molar-refractivity contribution in [1.29, 1.82) is 0 Å². The van der Waals surface area contributed by atoms with Crippen LogP contribution < -0.4 is 0 Å². The van der Waals surface area contributed by atoms with E-state index in [4.69, 9.17) is 52.1 Å². The Morgan fingerprint density at radius 2 is 0.696 bits per heavy atom. The summed E-state index contributed by atoms with van der Waals surface area (Å²) < 4.78 is 60.8. The van der Waals surface area contributed by atoms with E-state index in [1.807, 2.05) is 0 Å². The quantitative estimate of drug-likeness (QED) is 0.0767. The molecule has 11 nitrogen and oxygen atoms in total. The second kappa shape index (κ2) is 39.0. The van der Waals surface area contributed by atoms with Crippen LogP contribution in [0.2, 0.25) is 0 Å². The van der Waals surface area contributed by atoms with Gasteiger partial charge in [0.15, 0.2) is 6.29 Å². The molecule has 276 valence electrons. The third-order valence-corrected chi connectivity index (χ3v) is 7.29. The Morgan fingerprint density at radius 3 is 1.04 bits per heavy atom. The van der Waals surface area contributed by atoms with Gasteiger partial charge in [0.1, 0.15) is 0 Å². The molecule has 0 amide bonds. The van der Waals surface area contributed by atoms with Crippen molar-refractivity contribution < 1.29 is 52.1 Å². The van der Waals surface area contributed by atoms with Crippen LogP contribution >= 0.6 is 0 Å². The van der Waals surface area contributed by atoms with Gasteiger partial charge in [-0.25, -0.2) is 0 Å². The Labute approximate surface area is 280 Å². The van der Waals surface area contributed by atoms with E-state index in [0.717, 1.165) is 32.5 Å². The Kier molecular flexibility index (Phi) is 37.0. The lowest BCUT2D eigenvalue weighted by Gasteiger charge is -2.22. The molecule has 0 aromatic carbocycles. The average Bonchev–Trinajstić information content (AvgIpc) is 3.08. The summed E-state index contributed by atoms with van der Waals surface area (Å²) in [6.45, 7) is 13.8. The topological polar surface area (TPSA) is 102 Å². The molecule has 0 aromatic rings. The maximum Gasteiger partial charge on any atom is 0.157 e. The maximum absolute atomic E-state index is 5.65. The van der Waals surface area contributed by atoms with Gasteiger partial charge in [0, 0.05) is 13.2 Å². The van der Waals surface area contributed by atoms with Crippen LogP contribution in [0.25, 0.3) is 0 Å². The van der Waals surface area contributed by atoms with Crippen LogP contribution in [-0.2, 0) is 52.1 Å². The normalized spacial score (nSPS) is 15.2. The van der Waals surface area contributed by atoms with Gasteiger partial charge in [0.25, 0.3) is 0 Å². The minimum absolute atomic E-state index is 0.0602. The van der Waals surface area contributed by atoms with Crippen LogP contribution in [0.15, 0.2) is 0 Å². The summed E-state index contributed by atoms with van der Waals surface area (Å²) >= 11 is 0. The van der Waals surface area contributed by atoms with Crippen LogP contribution in [0.3, 0.4) is 0 Å². The molecule has 0 N–H and O–H groups in total. The van der Waals surface area contributed by atoms with Gasteiger partial charge in [-0.1, -0.05) is 64.7 Å². The van der Waals surface area contributed by atoms with E-state index in [1.165, 1.54) is 64.2 Å². The molecule has 0 spiro atoms. The second-order valence-electron chi connectivity index (χ2n) is 11.4. The molecule has 1 saturated heterocycles. The minimum atomic E-state index is -0.0602. The molecule has 1 fully saturated rings. The SMILES string of the molecule is CCCCCCCCCCCCOCCOCCOCCOCCOCCOCCOCCOCCOCCOC1CCCCO1. The molecule has 1 atom stereocenters. The monoisotopic (exact) mass is 666 g/mol. The number of unbranched alkanes of at least 4 members (excludes halogenated alkanes) is 9. The smallest absolute Gasteiger partial charge is 0.157 e. The third kappa shape index (κ3) is 34.9. The molecule has 11 heteroatoms. The molecular weight excluding hydrogens is 596 g/mol. The van der Waals surface area contributed by atoms with Crippen molar-refractivity contribution in [2.45, 2.75) is 96.7 Å². The Bertz CT molecular complexity index is 553. The van der Waals surface area contributed by atoms with Crippen LogP contribution in [0, 0.1) is 0 Å². The summed E-state index contributed by atoms with van der Waals surface area (Å²) in [5.74, 6) is 0. The largest absolute Gasteiger partial charge is 0.379 e. The van der Waals surface area contributed by atoms with Crippen molar-refractivity contribution in [2.24, 2.45) is 0 Å². The van der Waals surface area contributed by atoms with E-state index in [-0.39, 0.29) is 6.29 Å². The fraction of sp³-hybridized carbons (Fsp3) is 1.00. The highest BCUT2D eigenvalue weighted by Gasteiger charge is 2.13. The first-order chi connectivity index (χ1) is 22.9. The first kappa shape index (κ1) is 43.6. The average molecular weight is 667 g/mol. The fourth-order valence-electron chi connectivity index (χ4n) is 4.63. The number of ether oxygens (including phenoxy) is 11. The highest BCUT2D eigenvalue weighted by Crippen LogP contribution is 2.13. The molecule has 1 aliphatic heterocycles. The lowest BCUT2D eigenvalue weighted by Crippen LogP contribution is -2.24. The molecule has 1 unspecified atom stereocenters. The van der Waals surface area contributed by atoms with Crippen molar-refractivity contribution >= 4 is 0 Å². The van der Waals surface area contributed by atoms with Crippen LogP contribution in [0.1, 0.15) is 90.4 Å². The standard InChI is InChI=1S/C35H70O11/c1-2-3-4-5-6-7-8-9-10-12-15-36-17-18-37-19-20-38-21-22-39-23-24-40-25-26-41-27-28-42-29-30-43-31-32-44-33-34-46-35-14-11-13-16-45-35/h35H,2-34H2,1H3. The summed E-state index contributed by atoms with van der Waals surface area (Å²) in [5.41, 5.74) is 0. The molecule has 0 radical (unpaired) electrons. The maximum atomic E-state index is 5.65. The van der Waals surface area contributed by atoms with E-state index in [9.17, 15) is 0 Å².